The molecular weight excluding hydrogens is 314 g/mol. The van der Waals surface area contributed by atoms with Crippen molar-refractivity contribution in [2.75, 3.05) is 0 Å². The van der Waals surface area contributed by atoms with Crippen LogP contribution in [0, 0.1) is 5.82 Å². The van der Waals surface area contributed by atoms with Crippen molar-refractivity contribution in [3.63, 3.8) is 0 Å². The van der Waals surface area contributed by atoms with Crippen molar-refractivity contribution in [2.45, 2.75) is 0 Å². The van der Waals surface area contributed by atoms with E-state index in [1.807, 2.05) is 0 Å². The van der Waals surface area contributed by atoms with Gasteiger partial charge in [-0.2, -0.15) is 0 Å². The lowest BCUT2D eigenvalue weighted by Gasteiger charge is -2.04. The minimum Gasteiger partial charge on any atom is -0.475 e. The molecule has 2 aromatic rings. The van der Waals surface area contributed by atoms with Crippen molar-refractivity contribution < 1.29 is 18.7 Å². The zero-order valence-electron chi connectivity index (χ0n) is 8.21. The molecule has 0 amide bonds. The highest BCUT2D eigenvalue weighted by Gasteiger charge is 2.16. The summed E-state index contributed by atoms with van der Waals surface area (Å²) in [5, 5.41) is 8.87. The molecule has 17 heavy (non-hydrogen) atoms. The van der Waals surface area contributed by atoms with Crippen molar-refractivity contribution in [1.29, 1.82) is 0 Å². The smallest absolute Gasteiger partial charge is 0.371 e. The maximum Gasteiger partial charge on any atom is 0.371 e. The molecule has 0 radical (unpaired) electrons. The van der Waals surface area contributed by atoms with Crippen LogP contribution in [0.3, 0.4) is 0 Å². The first-order valence-corrected chi connectivity index (χ1v) is 5.64. The van der Waals surface area contributed by atoms with Crippen LogP contribution in [0.25, 0.3) is 11.3 Å². The van der Waals surface area contributed by atoms with E-state index in [2.05, 4.69) is 15.9 Å². The van der Waals surface area contributed by atoms with Crippen LogP contribution in [0.4, 0.5) is 4.39 Å². The van der Waals surface area contributed by atoms with Gasteiger partial charge >= 0.3 is 5.97 Å². The van der Waals surface area contributed by atoms with E-state index in [0.717, 1.165) is 6.07 Å². The molecular formula is C11H5BrClFO3. The van der Waals surface area contributed by atoms with E-state index in [1.54, 1.807) is 0 Å². The summed E-state index contributed by atoms with van der Waals surface area (Å²) >= 11 is 9.03. The summed E-state index contributed by atoms with van der Waals surface area (Å²) in [6, 6.07) is 5.13. The number of hydrogen-bond acceptors (Lipinski definition) is 2. The Bertz CT molecular complexity index is 571. The summed E-state index contributed by atoms with van der Waals surface area (Å²) < 4.78 is 18.5. The summed E-state index contributed by atoms with van der Waals surface area (Å²) in [7, 11) is 0. The van der Waals surface area contributed by atoms with Crippen molar-refractivity contribution in [3.05, 3.63) is 45.3 Å². The van der Waals surface area contributed by atoms with Crippen LogP contribution in [-0.2, 0) is 0 Å². The Morgan fingerprint density at radius 1 is 1.41 bits per heavy atom. The first kappa shape index (κ1) is 12.1. The Hall–Kier alpha value is -1.33. The molecule has 0 aliphatic carbocycles. The number of aromatic carboxylic acids is 1. The van der Waals surface area contributed by atoms with Crippen LogP contribution in [0.2, 0.25) is 5.02 Å². The van der Waals surface area contributed by atoms with Crippen molar-refractivity contribution in [3.8, 4) is 11.3 Å². The van der Waals surface area contributed by atoms with Crippen LogP contribution >= 0.6 is 27.5 Å². The van der Waals surface area contributed by atoms with E-state index in [4.69, 9.17) is 21.1 Å². The second-order valence-electron chi connectivity index (χ2n) is 3.21. The van der Waals surface area contributed by atoms with Gasteiger partial charge in [0.2, 0.25) is 5.76 Å². The molecule has 0 aliphatic rings. The first-order valence-electron chi connectivity index (χ1n) is 4.47. The fraction of sp³-hybridized carbons (Fsp3) is 0. The predicted octanol–water partition coefficient (Wildman–Crippen LogP) is 4.20. The Kier molecular flexibility index (Phi) is 3.22. The molecule has 0 atom stereocenters. The molecule has 0 fully saturated rings. The minimum absolute atomic E-state index is 0.142. The standard InChI is InChI=1S/C11H5BrClFO3/c12-6-3-5(14)4-7(13)10(6)8-1-2-9(17-8)11(15)16/h1-4H,(H,15,16). The fourth-order valence-corrected chi connectivity index (χ4v) is 2.41. The Labute approximate surface area is 109 Å². The second kappa shape index (κ2) is 4.50. The van der Waals surface area contributed by atoms with E-state index in [9.17, 15) is 9.18 Å². The normalized spacial score (nSPS) is 10.5. The largest absolute Gasteiger partial charge is 0.475 e. The Balaban J connectivity index is 2.56. The maximum absolute atomic E-state index is 13.0. The molecule has 0 saturated carbocycles. The van der Waals surface area contributed by atoms with Gasteiger partial charge in [-0.3, -0.25) is 0 Å². The average molecular weight is 320 g/mol. The molecule has 2 rings (SSSR count). The lowest BCUT2D eigenvalue weighted by Crippen LogP contribution is -1.91. The Morgan fingerprint density at radius 3 is 2.65 bits per heavy atom. The molecule has 0 unspecified atom stereocenters. The van der Waals surface area contributed by atoms with Gasteiger partial charge in [0.15, 0.2) is 0 Å². The molecule has 88 valence electrons. The van der Waals surface area contributed by atoms with Crippen LogP contribution in [-0.4, -0.2) is 11.1 Å². The number of carboxylic acids is 1. The van der Waals surface area contributed by atoms with Gasteiger partial charge in [-0.1, -0.05) is 11.6 Å². The fourth-order valence-electron chi connectivity index (χ4n) is 1.36. The molecule has 1 N–H and O–H groups in total. The van der Waals surface area contributed by atoms with Crippen molar-refractivity contribution >= 4 is 33.5 Å². The van der Waals surface area contributed by atoms with E-state index in [-0.39, 0.29) is 16.5 Å². The summed E-state index contributed by atoms with van der Waals surface area (Å²) in [6.45, 7) is 0. The summed E-state index contributed by atoms with van der Waals surface area (Å²) in [5.74, 6) is -1.60. The monoisotopic (exact) mass is 318 g/mol. The third kappa shape index (κ3) is 2.35. The number of carboxylic acid groups (broad SMARTS) is 1. The van der Waals surface area contributed by atoms with Crippen LogP contribution in [0.5, 0.6) is 0 Å². The van der Waals surface area contributed by atoms with Gasteiger partial charge in [0.25, 0.3) is 0 Å². The SMILES string of the molecule is O=C(O)c1ccc(-c2c(Cl)cc(F)cc2Br)o1. The van der Waals surface area contributed by atoms with E-state index < -0.39 is 11.8 Å². The average Bonchev–Trinajstić information content (AvgIpc) is 2.65. The predicted molar refractivity (Wildman–Crippen MR) is 63.8 cm³/mol. The third-order valence-corrected chi connectivity index (χ3v) is 2.99. The molecule has 0 bridgehead atoms. The highest BCUT2D eigenvalue weighted by Crippen LogP contribution is 2.36. The van der Waals surface area contributed by atoms with Crippen LogP contribution in [0.15, 0.2) is 33.2 Å². The van der Waals surface area contributed by atoms with E-state index in [1.165, 1.54) is 18.2 Å². The second-order valence-corrected chi connectivity index (χ2v) is 4.48. The number of furan rings is 1. The topological polar surface area (TPSA) is 50.4 Å². The molecule has 1 aromatic carbocycles. The molecule has 1 heterocycles. The van der Waals surface area contributed by atoms with Gasteiger partial charge in [-0.25, -0.2) is 9.18 Å². The summed E-state index contributed by atoms with van der Waals surface area (Å²) in [5.41, 5.74) is 0.417. The molecule has 6 heteroatoms. The zero-order valence-corrected chi connectivity index (χ0v) is 10.5. The number of rotatable bonds is 2. The Morgan fingerprint density at radius 2 is 2.12 bits per heavy atom. The van der Waals surface area contributed by atoms with Crippen LogP contribution in [0.1, 0.15) is 10.6 Å². The van der Waals surface area contributed by atoms with E-state index >= 15 is 0 Å². The lowest BCUT2D eigenvalue weighted by atomic mass is 10.2. The number of carbonyl (C=O) groups is 1. The van der Waals surface area contributed by atoms with Crippen molar-refractivity contribution in [1.82, 2.24) is 0 Å². The number of hydrogen-bond donors (Lipinski definition) is 1. The third-order valence-electron chi connectivity index (χ3n) is 2.07. The lowest BCUT2D eigenvalue weighted by molar-refractivity contribution is 0.0663. The highest BCUT2D eigenvalue weighted by atomic mass is 79.9. The first-order chi connectivity index (χ1) is 7.99. The van der Waals surface area contributed by atoms with Gasteiger partial charge in [0.1, 0.15) is 11.6 Å². The minimum atomic E-state index is -1.18. The number of benzene rings is 1. The van der Waals surface area contributed by atoms with Gasteiger partial charge < -0.3 is 9.52 Å². The van der Waals surface area contributed by atoms with Gasteiger partial charge in [0, 0.05) is 4.47 Å². The van der Waals surface area contributed by atoms with Crippen LogP contribution < -0.4 is 0 Å². The maximum atomic E-state index is 13.0. The van der Waals surface area contributed by atoms with Gasteiger partial charge in [-0.15, -0.1) is 0 Å². The van der Waals surface area contributed by atoms with Crippen molar-refractivity contribution in [2.24, 2.45) is 0 Å². The molecule has 1 aromatic heterocycles. The number of halogens is 3. The molecule has 3 nitrogen and oxygen atoms in total. The molecule has 0 aliphatic heterocycles. The van der Waals surface area contributed by atoms with Gasteiger partial charge in [-0.05, 0) is 40.2 Å². The molecule has 0 saturated heterocycles. The zero-order chi connectivity index (χ0) is 12.6. The molecule has 0 spiro atoms. The van der Waals surface area contributed by atoms with Gasteiger partial charge in [0.05, 0.1) is 10.6 Å². The van der Waals surface area contributed by atoms with E-state index in [0.29, 0.717) is 10.0 Å². The quantitative estimate of drug-likeness (QED) is 0.902. The highest BCUT2D eigenvalue weighted by molar-refractivity contribution is 9.10. The summed E-state index contributed by atoms with van der Waals surface area (Å²) in [4.78, 5) is 10.7. The summed E-state index contributed by atoms with van der Waals surface area (Å²) in [6.07, 6.45) is 0.